The van der Waals surface area contributed by atoms with Crippen LogP contribution >= 0.6 is 0 Å². The highest BCUT2D eigenvalue weighted by atomic mass is 16.3. The van der Waals surface area contributed by atoms with Gasteiger partial charge in [0.15, 0.2) is 5.76 Å². The molecule has 0 saturated carbocycles. The summed E-state index contributed by atoms with van der Waals surface area (Å²) in [6.07, 6.45) is 6.41. The molecule has 1 atom stereocenters. The molecule has 3 heteroatoms. The number of hydrogen-bond donors (Lipinski definition) is 1. The van der Waals surface area contributed by atoms with Crippen molar-refractivity contribution < 1.29 is 9.21 Å². The van der Waals surface area contributed by atoms with E-state index >= 15 is 0 Å². The number of fused-ring (bicyclic) bond motifs is 1. The van der Waals surface area contributed by atoms with Crippen molar-refractivity contribution in [3.8, 4) is 0 Å². The van der Waals surface area contributed by atoms with Gasteiger partial charge in [-0.05, 0) is 61.4 Å². The summed E-state index contributed by atoms with van der Waals surface area (Å²) in [7, 11) is 0. The van der Waals surface area contributed by atoms with Crippen LogP contribution in [0.25, 0.3) is 0 Å². The highest BCUT2D eigenvalue weighted by molar-refractivity contribution is 5.91. The van der Waals surface area contributed by atoms with Crippen LogP contribution in [0.4, 0.5) is 0 Å². The molecule has 20 heavy (non-hydrogen) atoms. The average Bonchev–Trinajstić information content (AvgIpc) is 3.01. The van der Waals surface area contributed by atoms with E-state index in [0.717, 1.165) is 12.0 Å². The van der Waals surface area contributed by atoms with E-state index in [1.807, 2.05) is 6.92 Å². The Balaban J connectivity index is 1.74. The number of carbonyl (C=O) groups is 1. The summed E-state index contributed by atoms with van der Waals surface area (Å²) in [5.41, 5.74) is 4.06. The van der Waals surface area contributed by atoms with Gasteiger partial charge in [-0.15, -0.1) is 0 Å². The van der Waals surface area contributed by atoms with Crippen LogP contribution in [0.5, 0.6) is 0 Å². The number of hydrogen-bond acceptors (Lipinski definition) is 2. The van der Waals surface area contributed by atoms with Crippen LogP contribution in [0.2, 0.25) is 0 Å². The zero-order chi connectivity index (χ0) is 13.9. The Morgan fingerprint density at radius 3 is 2.75 bits per heavy atom. The first-order valence-corrected chi connectivity index (χ1v) is 7.20. The molecule has 0 bridgehead atoms. The summed E-state index contributed by atoms with van der Waals surface area (Å²) >= 11 is 0. The molecule has 1 aliphatic carbocycles. The van der Waals surface area contributed by atoms with Crippen molar-refractivity contribution in [1.82, 2.24) is 5.32 Å². The first kappa shape index (κ1) is 13.0. The van der Waals surface area contributed by atoms with E-state index < -0.39 is 0 Å². The van der Waals surface area contributed by atoms with Crippen LogP contribution in [-0.2, 0) is 12.8 Å². The molecule has 1 aromatic carbocycles. The lowest BCUT2D eigenvalue weighted by atomic mass is 9.89. The summed E-state index contributed by atoms with van der Waals surface area (Å²) in [5.74, 6) is 0.190. The van der Waals surface area contributed by atoms with E-state index in [1.165, 1.54) is 36.7 Å². The predicted octanol–water partition coefficient (Wildman–Crippen LogP) is 3.65. The van der Waals surface area contributed by atoms with Crippen LogP contribution in [0.1, 0.15) is 53.1 Å². The van der Waals surface area contributed by atoms with Crippen LogP contribution in [-0.4, -0.2) is 5.91 Å². The van der Waals surface area contributed by atoms with Crippen molar-refractivity contribution >= 4 is 5.91 Å². The highest BCUT2D eigenvalue weighted by Gasteiger charge is 2.15. The average molecular weight is 269 g/mol. The van der Waals surface area contributed by atoms with Crippen molar-refractivity contribution in [3.05, 3.63) is 59.0 Å². The molecule has 0 spiro atoms. The van der Waals surface area contributed by atoms with Gasteiger partial charge in [0.25, 0.3) is 5.91 Å². The largest absolute Gasteiger partial charge is 0.459 e. The molecule has 3 rings (SSSR count). The summed E-state index contributed by atoms with van der Waals surface area (Å²) in [6, 6.07) is 9.95. The van der Waals surface area contributed by atoms with E-state index in [9.17, 15) is 4.79 Å². The second-order valence-electron chi connectivity index (χ2n) is 5.41. The molecular formula is C17H19NO2. The van der Waals surface area contributed by atoms with Crippen LogP contribution in [0, 0.1) is 0 Å². The van der Waals surface area contributed by atoms with Gasteiger partial charge in [0, 0.05) is 0 Å². The zero-order valence-electron chi connectivity index (χ0n) is 11.7. The Morgan fingerprint density at radius 2 is 2.00 bits per heavy atom. The molecule has 0 radical (unpaired) electrons. The third-order valence-electron chi connectivity index (χ3n) is 3.97. The Labute approximate surface area is 119 Å². The van der Waals surface area contributed by atoms with Gasteiger partial charge in [0.05, 0.1) is 12.3 Å². The van der Waals surface area contributed by atoms with E-state index in [0.29, 0.717) is 5.76 Å². The van der Waals surface area contributed by atoms with Gasteiger partial charge in [-0.25, -0.2) is 0 Å². The van der Waals surface area contributed by atoms with Gasteiger partial charge in [0.2, 0.25) is 0 Å². The molecule has 1 N–H and O–H groups in total. The van der Waals surface area contributed by atoms with Crippen molar-refractivity contribution in [2.75, 3.05) is 0 Å². The maximum atomic E-state index is 12.0. The van der Waals surface area contributed by atoms with Crippen LogP contribution in [0.3, 0.4) is 0 Å². The van der Waals surface area contributed by atoms with Crippen LogP contribution < -0.4 is 5.32 Å². The summed E-state index contributed by atoms with van der Waals surface area (Å²) in [5, 5.41) is 2.97. The SMILES string of the molecule is CC(NC(=O)c1ccco1)c1ccc2c(c1)CCCC2. The van der Waals surface area contributed by atoms with E-state index in [1.54, 1.807) is 12.1 Å². The summed E-state index contributed by atoms with van der Waals surface area (Å²) < 4.78 is 5.11. The quantitative estimate of drug-likeness (QED) is 0.924. The Morgan fingerprint density at radius 1 is 1.20 bits per heavy atom. The van der Waals surface area contributed by atoms with E-state index in [-0.39, 0.29) is 11.9 Å². The first-order chi connectivity index (χ1) is 9.74. The molecule has 104 valence electrons. The number of benzene rings is 1. The van der Waals surface area contributed by atoms with Gasteiger partial charge in [0.1, 0.15) is 0 Å². The minimum atomic E-state index is -0.166. The number of amides is 1. The molecule has 0 fully saturated rings. The Hall–Kier alpha value is -2.03. The fourth-order valence-electron chi connectivity index (χ4n) is 2.78. The topological polar surface area (TPSA) is 42.2 Å². The van der Waals surface area contributed by atoms with Gasteiger partial charge < -0.3 is 9.73 Å². The normalized spacial score (nSPS) is 15.4. The lowest BCUT2D eigenvalue weighted by Gasteiger charge is -2.19. The van der Waals surface area contributed by atoms with Crippen LogP contribution in [0.15, 0.2) is 41.0 Å². The zero-order valence-corrected chi connectivity index (χ0v) is 11.7. The molecule has 1 amide bonds. The number of carbonyl (C=O) groups excluding carboxylic acids is 1. The molecule has 3 nitrogen and oxygen atoms in total. The van der Waals surface area contributed by atoms with Gasteiger partial charge in [-0.2, -0.15) is 0 Å². The minimum Gasteiger partial charge on any atom is -0.459 e. The molecule has 1 heterocycles. The van der Waals surface area contributed by atoms with Crippen molar-refractivity contribution in [3.63, 3.8) is 0 Å². The molecule has 1 unspecified atom stereocenters. The maximum Gasteiger partial charge on any atom is 0.287 e. The van der Waals surface area contributed by atoms with E-state index in [4.69, 9.17) is 4.42 Å². The van der Waals surface area contributed by atoms with Gasteiger partial charge in [-0.1, -0.05) is 18.2 Å². The fourth-order valence-corrected chi connectivity index (χ4v) is 2.78. The third-order valence-corrected chi connectivity index (χ3v) is 3.97. The standard InChI is InChI=1S/C17H19NO2/c1-12(18-17(19)16-7-4-10-20-16)14-9-8-13-5-2-3-6-15(13)11-14/h4,7-12H,2-3,5-6H2,1H3,(H,18,19). The molecule has 0 saturated heterocycles. The lowest BCUT2D eigenvalue weighted by molar-refractivity contribution is 0.0912. The lowest BCUT2D eigenvalue weighted by Crippen LogP contribution is -2.26. The number of nitrogens with one attached hydrogen (secondary N) is 1. The predicted molar refractivity (Wildman–Crippen MR) is 77.7 cm³/mol. The van der Waals surface area contributed by atoms with Crippen molar-refractivity contribution in [2.45, 2.75) is 38.6 Å². The molecule has 0 aliphatic heterocycles. The summed E-state index contributed by atoms with van der Waals surface area (Å²) in [6.45, 7) is 2.01. The number of rotatable bonds is 3. The van der Waals surface area contributed by atoms with E-state index in [2.05, 4.69) is 23.5 Å². The minimum absolute atomic E-state index is 0.0140. The first-order valence-electron chi connectivity index (χ1n) is 7.20. The van der Waals surface area contributed by atoms with Gasteiger partial charge in [-0.3, -0.25) is 4.79 Å². The number of aryl methyl sites for hydroxylation is 2. The van der Waals surface area contributed by atoms with Crippen molar-refractivity contribution in [2.24, 2.45) is 0 Å². The fraction of sp³-hybridized carbons (Fsp3) is 0.353. The Bertz CT molecular complexity index is 601. The number of furan rings is 1. The molecule has 1 aromatic heterocycles. The Kier molecular flexibility index (Phi) is 3.59. The smallest absolute Gasteiger partial charge is 0.287 e. The molecule has 2 aromatic rings. The second-order valence-corrected chi connectivity index (χ2v) is 5.41. The van der Waals surface area contributed by atoms with Crippen molar-refractivity contribution in [1.29, 1.82) is 0 Å². The second kappa shape index (κ2) is 5.53. The third kappa shape index (κ3) is 2.62. The summed E-state index contributed by atoms with van der Waals surface area (Å²) in [4.78, 5) is 12.0. The maximum absolute atomic E-state index is 12.0. The van der Waals surface area contributed by atoms with Gasteiger partial charge >= 0.3 is 0 Å². The monoisotopic (exact) mass is 269 g/mol. The molecule has 1 aliphatic rings. The highest BCUT2D eigenvalue weighted by Crippen LogP contribution is 2.24. The molecular weight excluding hydrogens is 250 g/mol.